The first kappa shape index (κ1) is 14.9. The molecule has 1 N–H and O–H groups in total. The van der Waals surface area contributed by atoms with Crippen LogP contribution in [0.15, 0.2) is 18.2 Å². The Morgan fingerprint density at radius 1 is 1.17 bits per heavy atom. The normalized spacial score (nSPS) is 11.0. The maximum atomic E-state index is 13.4. The van der Waals surface area contributed by atoms with Crippen molar-refractivity contribution in [3.63, 3.8) is 0 Å². The van der Waals surface area contributed by atoms with Gasteiger partial charge in [-0.1, -0.05) is 0 Å². The van der Waals surface area contributed by atoms with Crippen molar-refractivity contribution in [2.45, 2.75) is 20.0 Å². The fraction of sp³-hybridized carbons (Fsp3) is 0.571. The second-order valence-corrected chi connectivity index (χ2v) is 4.71. The van der Waals surface area contributed by atoms with Gasteiger partial charge in [0.05, 0.1) is 6.61 Å². The molecular weight excluding hydrogens is 231 g/mol. The second kappa shape index (κ2) is 7.34. The van der Waals surface area contributed by atoms with Gasteiger partial charge < -0.3 is 14.9 Å². The zero-order valence-corrected chi connectivity index (χ0v) is 11.5. The summed E-state index contributed by atoms with van der Waals surface area (Å²) < 4.78 is 13.4. The molecule has 4 heteroatoms. The fourth-order valence-electron chi connectivity index (χ4n) is 1.95. The summed E-state index contributed by atoms with van der Waals surface area (Å²) in [6, 6.07) is 4.75. The molecule has 0 saturated heterocycles. The molecule has 0 aliphatic heterocycles. The topological polar surface area (TPSA) is 26.7 Å². The maximum absolute atomic E-state index is 13.4. The minimum Gasteiger partial charge on any atom is -0.392 e. The Balaban J connectivity index is 2.71. The Bertz CT molecular complexity index is 369. The standard InChI is InChI=1S/C14H23FN2O/c1-4-17(7-5-6-16(2)3)14-9-12(11-18)8-13(15)10-14/h8-10,18H,4-7,11H2,1-3H3. The van der Waals surface area contributed by atoms with Gasteiger partial charge in [-0.15, -0.1) is 0 Å². The van der Waals surface area contributed by atoms with Gasteiger partial charge in [0.25, 0.3) is 0 Å². The summed E-state index contributed by atoms with van der Waals surface area (Å²) in [5.74, 6) is -0.289. The van der Waals surface area contributed by atoms with Crippen LogP contribution in [0.5, 0.6) is 0 Å². The van der Waals surface area contributed by atoms with Crippen molar-refractivity contribution in [3.05, 3.63) is 29.6 Å². The average Bonchev–Trinajstić information content (AvgIpc) is 2.33. The van der Waals surface area contributed by atoms with Gasteiger partial charge in [0.1, 0.15) is 5.82 Å². The summed E-state index contributed by atoms with van der Waals surface area (Å²) in [5.41, 5.74) is 1.47. The first-order chi connectivity index (χ1) is 8.56. The first-order valence-corrected chi connectivity index (χ1v) is 6.36. The van der Waals surface area contributed by atoms with Gasteiger partial charge in [0, 0.05) is 18.8 Å². The summed E-state index contributed by atoms with van der Waals surface area (Å²) in [7, 11) is 4.09. The predicted molar refractivity (Wildman–Crippen MR) is 73.4 cm³/mol. The number of benzene rings is 1. The van der Waals surface area contributed by atoms with Crippen LogP contribution >= 0.6 is 0 Å². The molecule has 1 aromatic rings. The van der Waals surface area contributed by atoms with Crippen LogP contribution in [0.2, 0.25) is 0 Å². The van der Waals surface area contributed by atoms with Crippen LogP contribution in [0.3, 0.4) is 0 Å². The van der Waals surface area contributed by atoms with E-state index in [0.717, 1.165) is 31.7 Å². The molecule has 0 aliphatic carbocycles. The maximum Gasteiger partial charge on any atom is 0.125 e. The Morgan fingerprint density at radius 3 is 2.44 bits per heavy atom. The van der Waals surface area contributed by atoms with E-state index in [1.807, 2.05) is 20.2 Å². The van der Waals surface area contributed by atoms with Crippen LogP contribution in [0, 0.1) is 5.82 Å². The number of halogens is 1. The molecule has 0 radical (unpaired) electrons. The van der Waals surface area contributed by atoms with Gasteiger partial charge in [-0.05, 0) is 57.7 Å². The van der Waals surface area contributed by atoms with Crippen molar-refractivity contribution in [1.82, 2.24) is 4.90 Å². The summed E-state index contributed by atoms with van der Waals surface area (Å²) in [6.07, 6.45) is 1.03. The molecule has 0 spiro atoms. The van der Waals surface area contributed by atoms with Crippen molar-refractivity contribution in [2.75, 3.05) is 38.6 Å². The Kier molecular flexibility index (Phi) is 6.09. The lowest BCUT2D eigenvalue weighted by molar-refractivity contribution is 0.281. The van der Waals surface area contributed by atoms with E-state index >= 15 is 0 Å². The third-order valence-electron chi connectivity index (χ3n) is 2.91. The summed E-state index contributed by atoms with van der Waals surface area (Å²) >= 11 is 0. The van der Waals surface area contributed by atoms with Crippen molar-refractivity contribution < 1.29 is 9.50 Å². The van der Waals surface area contributed by atoms with E-state index in [0.29, 0.717) is 5.56 Å². The molecule has 0 aliphatic rings. The van der Waals surface area contributed by atoms with Gasteiger partial charge in [-0.3, -0.25) is 0 Å². The summed E-state index contributed by atoms with van der Waals surface area (Å²) in [4.78, 5) is 4.27. The van der Waals surface area contributed by atoms with Crippen molar-refractivity contribution in [1.29, 1.82) is 0 Å². The smallest absolute Gasteiger partial charge is 0.125 e. The molecule has 0 saturated carbocycles. The minimum atomic E-state index is -0.289. The zero-order chi connectivity index (χ0) is 13.5. The number of aliphatic hydroxyl groups is 1. The molecule has 1 rings (SSSR count). The van der Waals surface area contributed by atoms with Crippen molar-refractivity contribution >= 4 is 5.69 Å². The molecule has 102 valence electrons. The summed E-state index contributed by atoms with van der Waals surface area (Å²) in [5, 5.41) is 9.10. The predicted octanol–water partition coefficient (Wildman–Crippen LogP) is 2.10. The number of aliphatic hydroxyl groups excluding tert-OH is 1. The van der Waals surface area contributed by atoms with E-state index in [4.69, 9.17) is 5.11 Å². The summed E-state index contributed by atoms with van der Waals surface area (Å²) in [6.45, 7) is 4.67. The highest BCUT2D eigenvalue weighted by Crippen LogP contribution is 2.19. The number of nitrogens with zero attached hydrogens (tertiary/aromatic N) is 2. The van der Waals surface area contributed by atoms with E-state index in [1.54, 1.807) is 0 Å². The van der Waals surface area contributed by atoms with E-state index in [2.05, 4.69) is 16.7 Å². The molecule has 0 unspecified atom stereocenters. The lowest BCUT2D eigenvalue weighted by atomic mass is 10.2. The first-order valence-electron chi connectivity index (χ1n) is 6.36. The van der Waals surface area contributed by atoms with Crippen LogP contribution in [-0.4, -0.2) is 43.7 Å². The van der Waals surface area contributed by atoms with Gasteiger partial charge in [0.2, 0.25) is 0 Å². The van der Waals surface area contributed by atoms with Gasteiger partial charge in [-0.25, -0.2) is 4.39 Å². The van der Waals surface area contributed by atoms with Crippen LogP contribution < -0.4 is 4.90 Å². The molecule has 0 aromatic heterocycles. The Labute approximate surface area is 109 Å². The molecule has 0 atom stereocenters. The minimum absolute atomic E-state index is 0.125. The van der Waals surface area contributed by atoms with E-state index in [9.17, 15) is 4.39 Å². The average molecular weight is 254 g/mol. The Morgan fingerprint density at radius 2 is 1.89 bits per heavy atom. The zero-order valence-electron chi connectivity index (χ0n) is 11.5. The van der Waals surface area contributed by atoms with Gasteiger partial charge >= 0.3 is 0 Å². The van der Waals surface area contributed by atoms with Crippen LogP contribution in [0.25, 0.3) is 0 Å². The number of rotatable bonds is 7. The monoisotopic (exact) mass is 254 g/mol. The molecule has 3 nitrogen and oxygen atoms in total. The van der Waals surface area contributed by atoms with Crippen LogP contribution in [0.4, 0.5) is 10.1 Å². The Hall–Kier alpha value is -1.13. The highest BCUT2D eigenvalue weighted by atomic mass is 19.1. The molecule has 18 heavy (non-hydrogen) atoms. The molecule has 0 amide bonds. The molecule has 0 fully saturated rings. The number of hydrogen-bond acceptors (Lipinski definition) is 3. The van der Waals surface area contributed by atoms with Crippen LogP contribution in [0.1, 0.15) is 18.9 Å². The highest BCUT2D eigenvalue weighted by molar-refractivity contribution is 5.48. The van der Waals surface area contributed by atoms with E-state index in [-0.39, 0.29) is 12.4 Å². The van der Waals surface area contributed by atoms with Gasteiger partial charge in [-0.2, -0.15) is 0 Å². The SMILES string of the molecule is CCN(CCCN(C)C)c1cc(F)cc(CO)c1. The largest absolute Gasteiger partial charge is 0.392 e. The highest BCUT2D eigenvalue weighted by Gasteiger charge is 2.07. The number of anilines is 1. The lowest BCUT2D eigenvalue weighted by Gasteiger charge is -2.24. The van der Waals surface area contributed by atoms with Crippen LogP contribution in [-0.2, 0) is 6.61 Å². The molecule has 0 bridgehead atoms. The second-order valence-electron chi connectivity index (χ2n) is 4.71. The number of hydrogen-bond donors (Lipinski definition) is 1. The fourth-order valence-corrected chi connectivity index (χ4v) is 1.95. The third kappa shape index (κ3) is 4.63. The van der Waals surface area contributed by atoms with Crippen molar-refractivity contribution in [2.24, 2.45) is 0 Å². The quantitative estimate of drug-likeness (QED) is 0.807. The molecule has 1 aromatic carbocycles. The van der Waals surface area contributed by atoms with Gasteiger partial charge in [0.15, 0.2) is 0 Å². The van der Waals surface area contributed by atoms with E-state index < -0.39 is 0 Å². The molecule has 0 heterocycles. The lowest BCUT2D eigenvalue weighted by Crippen LogP contribution is -2.27. The third-order valence-corrected chi connectivity index (χ3v) is 2.91. The van der Waals surface area contributed by atoms with Crippen molar-refractivity contribution in [3.8, 4) is 0 Å². The van der Waals surface area contributed by atoms with E-state index in [1.165, 1.54) is 12.1 Å². The molecular formula is C14H23FN2O.